The first-order chi connectivity index (χ1) is 14.3. The largest absolute Gasteiger partial charge is 0.484 e. The number of rotatable bonds is 6. The lowest BCUT2D eigenvalue weighted by atomic mass is 10.1. The zero-order valence-corrected chi connectivity index (χ0v) is 18.4. The molecule has 2 N–H and O–H groups in total. The van der Waals surface area contributed by atoms with Crippen LogP contribution in [0.3, 0.4) is 0 Å². The first-order valence-electron chi connectivity index (χ1n) is 10.5. The Morgan fingerprint density at radius 1 is 1.03 bits per heavy atom. The van der Waals surface area contributed by atoms with E-state index in [1.54, 1.807) is 0 Å². The number of amides is 2. The highest BCUT2D eigenvalue weighted by Crippen LogP contribution is 2.18. The van der Waals surface area contributed by atoms with Crippen LogP contribution < -0.4 is 15.0 Å². The van der Waals surface area contributed by atoms with E-state index in [9.17, 15) is 9.59 Å². The van der Waals surface area contributed by atoms with Gasteiger partial charge in [-0.3, -0.25) is 9.59 Å². The van der Waals surface area contributed by atoms with Crippen molar-refractivity contribution in [1.29, 1.82) is 0 Å². The Balaban J connectivity index is 1.43. The second kappa shape index (κ2) is 9.76. The quantitative estimate of drug-likeness (QED) is 0.762. The van der Waals surface area contributed by atoms with Gasteiger partial charge < -0.3 is 19.9 Å². The smallest absolute Gasteiger partial charge is 0.279 e. The van der Waals surface area contributed by atoms with Gasteiger partial charge in [0, 0.05) is 5.69 Å². The molecule has 1 aliphatic heterocycles. The van der Waals surface area contributed by atoms with Crippen LogP contribution in [0.4, 0.5) is 5.69 Å². The van der Waals surface area contributed by atoms with E-state index in [1.807, 2.05) is 62.9 Å². The summed E-state index contributed by atoms with van der Waals surface area (Å²) in [6.07, 6.45) is 0. The molecule has 160 valence electrons. The number of nitrogens with zero attached hydrogens (tertiary/aromatic N) is 1. The van der Waals surface area contributed by atoms with Gasteiger partial charge in [0.25, 0.3) is 11.8 Å². The molecule has 6 nitrogen and oxygen atoms in total. The minimum Gasteiger partial charge on any atom is -0.484 e. The number of ether oxygens (including phenoxy) is 1. The van der Waals surface area contributed by atoms with Gasteiger partial charge in [0.05, 0.1) is 26.2 Å². The lowest BCUT2D eigenvalue weighted by molar-refractivity contribution is -0.895. The zero-order chi connectivity index (χ0) is 21.7. The van der Waals surface area contributed by atoms with Crippen molar-refractivity contribution in [2.75, 3.05) is 44.6 Å². The maximum Gasteiger partial charge on any atom is 0.279 e. The number of aryl methyl sites for hydroxylation is 3. The van der Waals surface area contributed by atoms with Gasteiger partial charge in [-0.15, -0.1) is 0 Å². The highest BCUT2D eigenvalue weighted by molar-refractivity contribution is 5.92. The van der Waals surface area contributed by atoms with Crippen molar-refractivity contribution in [3.63, 3.8) is 0 Å². The van der Waals surface area contributed by atoms with E-state index < -0.39 is 0 Å². The molecule has 0 aliphatic carbocycles. The van der Waals surface area contributed by atoms with Gasteiger partial charge >= 0.3 is 0 Å². The molecule has 0 aromatic heterocycles. The molecular weight excluding hydrogens is 378 g/mol. The summed E-state index contributed by atoms with van der Waals surface area (Å²) in [7, 11) is 0. The minimum atomic E-state index is -0.00644. The summed E-state index contributed by atoms with van der Waals surface area (Å²) in [5.74, 6) is 0.734. The fourth-order valence-corrected chi connectivity index (χ4v) is 3.81. The molecule has 0 radical (unpaired) electrons. The van der Waals surface area contributed by atoms with E-state index in [-0.39, 0.29) is 18.4 Å². The molecule has 1 fully saturated rings. The molecule has 6 heteroatoms. The van der Waals surface area contributed by atoms with Crippen molar-refractivity contribution < 1.29 is 19.2 Å². The molecule has 2 amide bonds. The summed E-state index contributed by atoms with van der Waals surface area (Å²) in [6.45, 7) is 11.3. The fourth-order valence-electron chi connectivity index (χ4n) is 3.81. The predicted octanol–water partition coefficient (Wildman–Crippen LogP) is 1.66. The predicted molar refractivity (Wildman–Crippen MR) is 118 cm³/mol. The van der Waals surface area contributed by atoms with Crippen LogP contribution in [0.1, 0.15) is 22.3 Å². The molecule has 0 atom stereocenters. The molecule has 1 aliphatic rings. The summed E-state index contributed by atoms with van der Waals surface area (Å²) >= 11 is 0. The molecule has 1 heterocycles. The van der Waals surface area contributed by atoms with E-state index in [0.29, 0.717) is 19.6 Å². The third kappa shape index (κ3) is 5.83. The number of hydrogen-bond acceptors (Lipinski definition) is 3. The van der Waals surface area contributed by atoms with Gasteiger partial charge in [-0.1, -0.05) is 18.2 Å². The Morgan fingerprint density at radius 2 is 1.70 bits per heavy atom. The normalized spacial score (nSPS) is 14.5. The number of carbonyl (C=O) groups excluding carboxylic acids is 2. The maximum atomic E-state index is 12.5. The van der Waals surface area contributed by atoms with Crippen molar-refractivity contribution in [2.45, 2.75) is 27.7 Å². The number of piperazine rings is 1. The van der Waals surface area contributed by atoms with E-state index in [0.717, 1.165) is 46.8 Å². The van der Waals surface area contributed by atoms with Crippen LogP contribution in [0.5, 0.6) is 5.75 Å². The molecule has 0 spiro atoms. The fraction of sp³-hybridized carbons (Fsp3) is 0.417. The van der Waals surface area contributed by atoms with Crippen LogP contribution in [-0.4, -0.2) is 56.0 Å². The third-order valence-corrected chi connectivity index (χ3v) is 5.67. The lowest BCUT2D eigenvalue weighted by Crippen LogP contribution is -3.15. The molecule has 3 rings (SSSR count). The third-order valence-electron chi connectivity index (χ3n) is 5.67. The monoisotopic (exact) mass is 410 g/mol. The van der Waals surface area contributed by atoms with Crippen molar-refractivity contribution in [1.82, 2.24) is 4.90 Å². The summed E-state index contributed by atoms with van der Waals surface area (Å²) in [5.41, 5.74) is 5.37. The highest BCUT2D eigenvalue weighted by Gasteiger charge is 2.25. The van der Waals surface area contributed by atoms with Crippen LogP contribution in [-0.2, 0) is 9.59 Å². The highest BCUT2D eigenvalue weighted by atomic mass is 16.5. The second-order valence-corrected chi connectivity index (χ2v) is 8.22. The number of anilines is 1. The standard InChI is InChI=1S/C24H31N3O3/c1-17-12-18(2)14-21(13-17)30-16-24(29)27-10-8-26(9-11-27)15-23(28)25-22-7-5-6-19(3)20(22)4/h5-7,12-14H,8-11,15-16H2,1-4H3,(H,25,28)/p+1. The van der Waals surface area contributed by atoms with Crippen LogP contribution in [0.15, 0.2) is 36.4 Å². The molecule has 0 unspecified atom stereocenters. The molecule has 2 aromatic carbocycles. The molecular formula is C24H32N3O3+. The molecule has 0 saturated carbocycles. The van der Waals surface area contributed by atoms with Crippen molar-refractivity contribution in [3.8, 4) is 5.75 Å². The minimum absolute atomic E-state index is 0.00644. The van der Waals surface area contributed by atoms with Crippen LogP contribution in [0.2, 0.25) is 0 Å². The van der Waals surface area contributed by atoms with E-state index >= 15 is 0 Å². The Morgan fingerprint density at radius 3 is 2.37 bits per heavy atom. The molecule has 30 heavy (non-hydrogen) atoms. The van der Waals surface area contributed by atoms with Gasteiger partial charge in [-0.05, 0) is 68.1 Å². The summed E-state index contributed by atoms with van der Waals surface area (Å²) in [4.78, 5) is 28.0. The number of carbonyl (C=O) groups is 2. The Hall–Kier alpha value is -2.86. The van der Waals surface area contributed by atoms with Crippen molar-refractivity contribution >= 4 is 17.5 Å². The van der Waals surface area contributed by atoms with Gasteiger partial charge in [0.2, 0.25) is 0 Å². The average molecular weight is 411 g/mol. The van der Waals surface area contributed by atoms with Gasteiger partial charge in [-0.2, -0.15) is 0 Å². The van der Waals surface area contributed by atoms with E-state index in [4.69, 9.17) is 4.74 Å². The van der Waals surface area contributed by atoms with E-state index in [1.165, 1.54) is 4.90 Å². The van der Waals surface area contributed by atoms with Crippen molar-refractivity contribution in [3.05, 3.63) is 58.7 Å². The van der Waals surface area contributed by atoms with Crippen LogP contribution in [0.25, 0.3) is 0 Å². The SMILES string of the molecule is Cc1cc(C)cc(OCC(=O)N2CC[NH+](CC(=O)Nc3cccc(C)c3C)CC2)c1. The Bertz CT molecular complexity index is 898. The number of benzene rings is 2. The number of quaternary nitrogens is 1. The Labute approximate surface area is 178 Å². The van der Waals surface area contributed by atoms with Crippen LogP contribution >= 0.6 is 0 Å². The second-order valence-electron chi connectivity index (χ2n) is 8.22. The summed E-state index contributed by atoms with van der Waals surface area (Å²) in [5, 5.41) is 3.02. The maximum absolute atomic E-state index is 12.5. The molecule has 2 aromatic rings. The lowest BCUT2D eigenvalue weighted by Gasteiger charge is -2.31. The summed E-state index contributed by atoms with van der Waals surface area (Å²) < 4.78 is 5.70. The van der Waals surface area contributed by atoms with Crippen molar-refractivity contribution in [2.24, 2.45) is 0 Å². The topological polar surface area (TPSA) is 63.1 Å². The van der Waals surface area contributed by atoms with Gasteiger partial charge in [-0.25, -0.2) is 0 Å². The summed E-state index contributed by atoms with van der Waals surface area (Å²) in [6, 6.07) is 11.9. The average Bonchev–Trinajstić information content (AvgIpc) is 2.69. The molecule has 1 saturated heterocycles. The number of nitrogens with one attached hydrogen (secondary N) is 2. The van der Waals surface area contributed by atoms with Gasteiger partial charge in [0.15, 0.2) is 13.2 Å². The zero-order valence-electron chi connectivity index (χ0n) is 18.4. The number of hydrogen-bond donors (Lipinski definition) is 2. The van der Waals surface area contributed by atoms with Gasteiger partial charge in [0.1, 0.15) is 5.75 Å². The molecule has 0 bridgehead atoms. The first-order valence-corrected chi connectivity index (χ1v) is 10.5. The van der Waals surface area contributed by atoms with Crippen LogP contribution in [0, 0.1) is 27.7 Å². The Kier molecular flexibility index (Phi) is 7.11. The first kappa shape index (κ1) is 21.8. The van der Waals surface area contributed by atoms with E-state index in [2.05, 4.69) is 11.4 Å².